The van der Waals surface area contributed by atoms with Crippen LogP contribution in [0.15, 0.2) is 82.7 Å². The molecule has 0 radical (unpaired) electrons. The van der Waals surface area contributed by atoms with Gasteiger partial charge in [-0.3, -0.25) is 14.5 Å². The van der Waals surface area contributed by atoms with E-state index in [2.05, 4.69) is 17.1 Å². The molecule has 11 heteroatoms. The van der Waals surface area contributed by atoms with Gasteiger partial charge in [-0.2, -0.15) is 0 Å². The predicted octanol–water partition coefficient (Wildman–Crippen LogP) is 7.69. The minimum Gasteiger partial charge on any atom is -0.507 e. The second kappa shape index (κ2) is 14.1. The monoisotopic (exact) mass is 635 g/mol. The van der Waals surface area contributed by atoms with Gasteiger partial charge in [0.2, 0.25) is 5.13 Å². The molecule has 1 aliphatic heterocycles. The van der Waals surface area contributed by atoms with E-state index in [-0.39, 0.29) is 16.5 Å². The van der Waals surface area contributed by atoms with Crippen molar-refractivity contribution in [3.8, 4) is 11.5 Å². The zero-order chi connectivity index (χ0) is 30.3. The molecular formula is C32H30ClN3O5S2. The predicted molar refractivity (Wildman–Crippen MR) is 170 cm³/mol. The lowest BCUT2D eigenvalue weighted by molar-refractivity contribution is -0.132. The SMILES string of the molecule is CCCCOc1ccc(C(O)=C2C(=O)C(=O)N(c3nnc(SCc4ccccc4Cl)s3)C2c2ccc(OCC)cc2)cc1. The molecule has 5 rings (SSSR count). The van der Waals surface area contributed by atoms with Crippen molar-refractivity contribution in [2.75, 3.05) is 18.1 Å². The van der Waals surface area contributed by atoms with Crippen LogP contribution in [0.4, 0.5) is 5.13 Å². The van der Waals surface area contributed by atoms with Crippen LogP contribution in [0, 0.1) is 0 Å². The number of hydrogen-bond acceptors (Lipinski definition) is 9. The summed E-state index contributed by atoms with van der Waals surface area (Å²) >= 11 is 8.93. The van der Waals surface area contributed by atoms with E-state index in [1.54, 1.807) is 48.5 Å². The fraction of sp³-hybridized carbons (Fsp3) is 0.250. The molecule has 1 aliphatic rings. The topological polar surface area (TPSA) is 102 Å². The number of aromatic nitrogens is 2. The number of thioether (sulfide) groups is 1. The van der Waals surface area contributed by atoms with E-state index in [4.69, 9.17) is 21.1 Å². The maximum Gasteiger partial charge on any atom is 0.301 e. The van der Waals surface area contributed by atoms with Crippen molar-refractivity contribution in [2.24, 2.45) is 0 Å². The van der Waals surface area contributed by atoms with Crippen LogP contribution in [0.1, 0.15) is 49.4 Å². The second-order valence-electron chi connectivity index (χ2n) is 9.63. The van der Waals surface area contributed by atoms with Crippen LogP contribution in [0.25, 0.3) is 5.76 Å². The molecule has 43 heavy (non-hydrogen) atoms. The number of Topliss-reactive ketones (excluding diaryl/α,β-unsaturated/α-hetero) is 1. The fourth-order valence-electron chi connectivity index (χ4n) is 4.57. The highest BCUT2D eigenvalue weighted by atomic mass is 35.5. The Morgan fingerprint density at radius 3 is 2.37 bits per heavy atom. The average molecular weight is 636 g/mol. The number of hydrogen-bond donors (Lipinski definition) is 1. The first-order valence-electron chi connectivity index (χ1n) is 13.9. The average Bonchev–Trinajstić information content (AvgIpc) is 3.59. The Hall–Kier alpha value is -3.86. The van der Waals surface area contributed by atoms with Gasteiger partial charge in [0, 0.05) is 16.3 Å². The van der Waals surface area contributed by atoms with Gasteiger partial charge in [-0.1, -0.05) is 78.4 Å². The highest BCUT2D eigenvalue weighted by Gasteiger charge is 2.48. The zero-order valence-corrected chi connectivity index (χ0v) is 26.0. The first kappa shape index (κ1) is 30.6. The number of carbonyl (C=O) groups excluding carboxylic acids is 2. The van der Waals surface area contributed by atoms with Gasteiger partial charge in [0.05, 0.1) is 24.8 Å². The quantitative estimate of drug-likeness (QED) is 0.0422. The van der Waals surface area contributed by atoms with Crippen molar-refractivity contribution < 1.29 is 24.2 Å². The number of halogens is 1. The summed E-state index contributed by atoms with van der Waals surface area (Å²) < 4.78 is 11.9. The van der Waals surface area contributed by atoms with Crippen molar-refractivity contribution in [2.45, 2.75) is 42.8 Å². The third-order valence-corrected chi connectivity index (χ3v) is 9.23. The van der Waals surface area contributed by atoms with Gasteiger partial charge in [-0.05, 0) is 66.9 Å². The minimum atomic E-state index is -0.925. The molecule has 1 saturated heterocycles. The van der Waals surface area contributed by atoms with Crippen molar-refractivity contribution >= 4 is 57.3 Å². The number of ether oxygens (including phenoxy) is 2. The molecule has 0 aliphatic carbocycles. The Morgan fingerprint density at radius 1 is 0.977 bits per heavy atom. The smallest absolute Gasteiger partial charge is 0.301 e. The summed E-state index contributed by atoms with van der Waals surface area (Å²) in [6, 6.07) is 20.5. The molecule has 1 fully saturated rings. The first-order chi connectivity index (χ1) is 20.9. The Labute approximate surface area is 263 Å². The molecule has 4 aromatic rings. The van der Waals surface area contributed by atoms with Gasteiger partial charge in [0.15, 0.2) is 4.34 Å². The maximum atomic E-state index is 13.5. The molecule has 222 valence electrons. The molecule has 0 saturated carbocycles. The van der Waals surface area contributed by atoms with Gasteiger partial charge < -0.3 is 14.6 Å². The number of unbranched alkanes of at least 4 members (excludes halogenated alkanes) is 1. The van der Waals surface area contributed by atoms with Crippen LogP contribution in [-0.2, 0) is 15.3 Å². The molecule has 1 N–H and O–H groups in total. The summed E-state index contributed by atoms with van der Waals surface area (Å²) in [6.07, 6.45) is 1.94. The van der Waals surface area contributed by atoms with Gasteiger partial charge in [0.1, 0.15) is 17.3 Å². The Bertz CT molecular complexity index is 1620. The largest absolute Gasteiger partial charge is 0.507 e. The molecule has 2 heterocycles. The van der Waals surface area contributed by atoms with E-state index in [9.17, 15) is 14.7 Å². The van der Waals surface area contributed by atoms with E-state index in [0.717, 1.165) is 18.4 Å². The zero-order valence-electron chi connectivity index (χ0n) is 23.7. The van der Waals surface area contributed by atoms with Crippen molar-refractivity contribution in [3.05, 3.63) is 100 Å². The minimum absolute atomic E-state index is 0.0331. The molecule has 0 bridgehead atoms. The lowest BCUT2D eigenvalue weighted by Gasteiger charge is -2.22. The van der Waals surface area contributed by atoms with E-state index in [1.807, 2.05) is 31.2 Å². The summed E-state index contributed by atoms with van der Waals surface area (Å²) in [5, 5.41) is 20.9. The van der Waals surface area contributed by atoms with Crippen LogP contribution >= 0.6 is 34.7 Å². The summed E-state index contributed by atoms with van der Waals surface area (Å²) in [4.78, 5) is 28.4. The standard InChI is InChI=1S/C32H30ClN3O5S2/c1-3-5-18-41-24-16-12-21(13-17-24)28(37)26-27(20-10-14-23(15-11-20)40-4-2)36(30(39)29(26)38)31-34-35-32(43-31)42-19-22-8-6-7-9-25(22)33/h6-17,27,37H,3-5,18-19H2,1-2H3. The number of benzene rings is 3. The van der Waals surface area contributed by atoms with Gasteiger partial charge in [0.25, 0.3) is 5.78 Å². The van der Waals surface area contributed by atoms with Gasteiger partial charge in [-0.25, -0.2) is 0 Å². The summed E-state index contributed by atoms with van der Waals surface area (Å²) in [6.45, 7) is 5.06. The summed E-state index contributed by atoms with van der Waals surface area (Å²) in [5.41, 5.74) is 1.92. The number of rotatable bonds is 12. The molecular weight excluding hydrogens is 606 g/mol. The fourth-order valence-corrected chi connectivity index (χ4v) is 6.72. The van der Waals surface area contributed by atoms with E-state index in [0.29, 0.717) is 51.0 Å². The summed E-state index contributed by atoms with van der Waals surface area (Å²) in [7, 11) is 0. The number of anilines is 1. The lowest BCUT2D eigenvalue weighted by Crippen LogP contribution is -2.29. The van der Waals surface area contributed by atoms with Crippen LogP contribution in [0.2, 0.25) is 5.02 Å². The van der Waals surface area contributed by atoms with Crippen LogP contribution < -0.4 is 14.4 Å². The number of aliphatic hydroxyl groups is 1. The molecule has 1 aromatic heterocycles. The normalized spacial score (nSPS) is 16.1. The first-order valence-corrected chi connectivity index (χ1v) is 16.1. The van der Waals surface area contributed by atoms with Gasteiger partial charge in [-0.15, -0.1) is 10.2 Å². The molecule has 3 aromatic carbocycles. The van der Waals surface area contributed by atoms with E-state index < -0.39 is 17.7 Å². The van der Waals surface area contributed by atoms with Crippen LogP contribution in [-0.4, -0.2) is 40.2 Å². The highest BCUT2D eigenvalue weighted by molar-refractivity contribution is 8.00. The van der Waals surface area contributed by atoms with Crippen molar-refractivity contribution in [1.29, 1.82) is 0 Å². The van der Waals surface area contributed by atoms with Crippen LogP contribution in [0.5, 0.6) is 11.5 Å². The third-order valence-electron chi connectivity index (χ3n) is 6.76. The molecule has 1 atom stereocenters. The Morgan fingerprint density at radius 2 is 1.67 bits per heavy atom. The van der Waals surface area contributed by atoms with Crippen molar-refractivity contribution in [1.82, 2.24) is 10.2 Å². The van der Waals surface area contributed by atoms with Gasteiger partial charge >= 0.3 is 5.91 Å². The van der Waals surface area contributed by atoms with Crippen molar-refractivity contribution in [3.63, 3.8) is 0 Å². The molecule has 1 unspecified atom stereocenters. The Kier molecular flexibility index (Phi) is 10.0. The number of ketones is 1. The number of carbonyl (C=O) groups is 2. The molecule has 8 nitrogen and oxygen atoms in total. The highest BCUT2D eigenvalue weighted by Crippen LogP contribution is 2.44. The third kappa shape index (κ3) is 6.87. The van der Waals surface area contributed by atoms with Crippen LogP contribution in [0.3, 0.4) is 0 Å². The maximum absolute atomic E-state index is 13.5. The molecule has 1 amide bonds. The van der Waals surface area contributed by atoms with E-state index >= 15 is 0 Å². The second-order valence-corrected chi connectivity index (χ2v) is 12.2. The number of nitrogens with zero attached hydrogens (tertiary/aromatic N) is 3. The number of aliphatic hydroxyl groups excluding tert-OH is 1. The lowest BCUT2D eigenvalue weighted by atomic mass is 9.95. The Balaban J connectivity index is 1.50. The van der Waals surface area contributed by atoms with E-state index in [1.165, 1.54) is 28.0 Å². The molecule has 0 spiro atoms. The summed E-state index contributed by atoms with van der Waals surface area (Å²) in [5.74, 6) is -0.00932. The number of amides is 1.